The number of thiophene rings is 1. The Morgan fingerprint density at radius 1 is 1.28 bits per heavy atom. The van der Waals surface area contributed by atoms with Gasteiger partial charge in [-0.1, -0.05) is 0 Å². The van der Waals surface area contributed by atoms with Crippen LogP contribution < -0.4 is 4.90 Å². The molecule has 1 spiro atoms. The van der Waals surface area contributed by atoms with Gasteiger partial charge in [0.25, 0.3) is 0 Å². The number of rotatable bonds is 4. The van der Waals surface area contributed by atoms with Gasteiger partial charge in [-0.2, -0.15) is 18.3 Å². The number of hydrogen-bond donors (Lipinski definition) is 0. The molecule has 2 aliphatic rings. The maximum Gasteiger partial charge on any atom is 0.393 e. The maximum absolute atomic E-state index is 12.8. The van der Waals surface area contributed by atoms with Crippen LogP contribution in [0.2, 0.25) is 0 Å². The highest BCUT2D eigenvalue weighted by Crippen LogP contribution is 2.53. The summed E-state index contributed by atoms with van der Waals surface area (Å²) in [5, 5.41) is 5.00. The van der Waals surface area contributed by atoms with Crippen LogP contribution in [0.5, 0.6) is 0 Å². The fourth-order valence-corrected chi connectivity index (χ4v) is 6.12. The predicted octanol–water partition coefficient (Wildman–Crippen LogP) is 4.38. The number of halogens is 3. The van der Waals surface area contributed by atoms with Crippen molar-refractivity contribution in [2.45, 2.75) is 38.3 Å². The second-order valence-electron chi connectivity index (χ2n) is 8.59. The monoisotopic (exact) mass is 421 g/mol. The number of nitrogens with zero attached hydrogens (tertiary/aromatic N) is 5. The Balaban J connectivity index is 1.28. The summed E-state index contributed by atoms with van der Waals surface area (Å²) in [5.41, 5.74) is 1.60. The van der Waals surface area contributed by atoms with Gasteiger partial charge in [0.1, 0.15) is 17.0 Å². The molecular weight excluding hydrogens is 399 g/mol. The fraction of sp³-hybridized carbons (Fsp3) is 0.550. The molecule has 3 aromatic rings. The lowest BCUT2D eigenvalue weighted by atomic mass is 9.60. The van der Waals surface area contributed by atoms with Crippen molar-refractivity contribution >= 4 is 27.4 Å². The number of fused-ring (bicyclic) bond motifs is 1. The molecule has 9 heteroatoms. The first-order valence-electron chi connectivity index (χ1n) is 9.81. The molecule has 154 valence electrons. The molecule has 4 heterocycles. The minimum absolute atomic E-state index is 0.295. The Labute approximate surface area is 170 Å². The van der Waals surface area contributed by atoms with E-state index in [4.69, 9.17) is 0 Å². The first kappa shape index (κ1) is 18.8. The van der Waals surface area contributed by atoms with Crippen molar-refractivity contribution in [1.82, 2.24) is 19.7 Å². The van der Waals surface area contributed by atoms with Crippen LogP contribution in [0.25, 0.3) is 10.2 Å². The minimum Gasteiger partial charge on any atom is -0.355 e. The molecule has 5 rings (SSSR count). The van der Waals surface area contributed by atoms with Gasteiger partial charge in [-0.3, -0.25) is 4.68 Å². The molecule has 1 saturated heterocycles. The van der Waals surface area contributed by atoms with Crippen LogP contribution in [0, 0.1) is 11.3 Å². The zero-order chi connectivity index (χ0) is 20.2. The zero-order valence-corrected chi connectivity index (χ0v) is 16.9. The van der Waals surface area contributed by atoms with Crippen molar-refractivity contribution in [3.63, 3.8) is 0 Å². The topological polar surface area (TPSA) is 46.8 Å². The third kappa shape index (κ3) is 3.72. The molecule has 0 unspecified atom stereocenters. The second kappa shape index (κ2) is 6.68. The number of hydrogen-bond acceptors (Lipinski definition) is 5. The van der Waals surface area contributed by atoms with Crippen LogP contribution in [0.4, 0.5) is 19.0 Å². The van der Waals surface area contributed by atoms with Gasteiger partial charge in [-0.25, -0.2) is 9.97 Å². The molecule has 0 aromatic carbocycles. The Morgan fingerprint density at radius 2 is 2.10 bits per heavy atom. The van der Waals surface area contributed by atoms with E-state index in [1.807, 2.05) is 17.9 Å². The van der Waals surface area contributed by atoms with Gasteiger partial charge in [0.15, 0.2) is 0 Å². The SMILES string of the molecule is Cn1cc(CC2CC3(CCN(c4ncnc5sc(CC(F)(F)F)cc45)C3)C2)cn1. The van der Waals surface area contributed by atoms with E-state index in [2.05, 4.69) is 26.2 Å². The Kier molecular flexibility index (Phi) is 4.34. The number of aromatic nitrogens is 4. The molecule has 1 aliphatic carbocycles. The molecule has 0 bridgehead atoms. The largest absolute Gasteiger partial charge is 0.393 e. The minimum atomic E-state index is -4.21. The molecule has 1 aliphatic heterocycles. The molecule has 29 heavy (non-hydrogen) atoms. The third-order valence-corrected chi connectivity index (χ3v) is 7.24. The number of anilines is 1. The van der Waals surface area contributed by atoms with E-state index >= 15 is 0 Å². The standard InChI is InChI=1S/C20H22F3N5S/c1-27-10-14(9-26-27)4-13-6-19(7-13)2-3-28(11-19)17-16-5-15(8-20(21,22)23)29-18(16)25-12-24-17/h5,9-10,12-13H,2-4,6-8,11H2,1H3. The van der Waals surface area contributed by atoms with E-state index in [9.17, 15) is 13.2 Å². The van der Waals surface area contributed by atoms with E-state index < -0.39 is 12.6 Å². The lowest BCUT2D eigenvalue weighted by Gasteiger charge is -2.45. The molecule has 0 atom stereocenters. The van der Waals surface area contributed by atoms with Crippen LogP contribution in [0.1, 0.15) is 29.7 Å². The molecule has 0 radical (unpaired) electrons. The van der Waals surface area contributed by atoms with Gasteiger partial charge in [0.2, 0.25) is 0 Å². The highest BCUT2D eigenvalue weighted by molar-refractivity contribution is 7.18. The van der Waals surface area contributed by atoms with E-state index in [0.29, 0.717) is 21.0 Å². The van der Waals surface area contributed by atoms with Crippen molar-refractivity contribution < 1.29 is 13.2 Å². The summed E-state index contributed by atoms with van der Waals surface area (Å²) in [7, 11) is 1.94. The van der Waals surface area contributed by atoms with Gasteiger partial charge >= 0.3 is 6.18 Å². The third-order valence-electron chi connectivity index (χ3n) is 6.20. The van der Waals surface area contributed by atoms with E-state index in [-0.39, 0.29) is 0 Å². The zero-order valence-electron chi connectivity index (χ0n) is 16.1. The lowest BCUT2D eigenvalue weighted by Crippen LogP contribution is -2.40. The van der Waals surface area contributed by atoms with Crippen LogP contribution in [0.3, 0.4) is 0 Å². The first-order valence-corrected chi connectivity index (χ1v) is 10.6. The maximum atomic E-state index is 12.8. The summed E-state index contributed by atoms with van der Waals surface area (Å²) < 4.78 is 40.2. The average molecular weight is 421 g/mol. The van der Waals surface area contributed by atoms with Crippen molar-refractivity contribution in [2.24, 2.45) is 18.4 Å². The second-order valence-corrected chi connectivity index (χ2v) is 9.71. The first-order chi connectivity index (χ1) is 13.8. The summed E-state index contributed by atoms with van der Waals surface area (Å²) in [6.45, 7) is 1.82. The molecule has 2 fully saturated rings. The van der Waals surface area contributed by atoms with Gasteiger partial charge in [-0.05, 0) is 48.6 Å². The number of aryl methyl sites for hydroxylation is 1. The van der Waals surface area contributed by atoms with Crippen molar-refractivity contribution in [3.8, 4) is 0 Å². The fourth-order valence-electron chi connectivity index (χ4n) is 5.10. The van der Waals surface area contributed by atoms with Crippen molar-refractivity contribution in [1.29, 1.82) is 0 Å². The number of alkyl halides is 3. The molecule has 3 aromatic heterocycles. The van der Waals surface area contributed by atoms with Crippen LogP contribution >= 0.6 is 11.3 Å². The molecular formula is C20H22F3N5S. The summed E-state index contributed by atoms with van der Waals surface area (Å²) in [6.07, 6.45) is 4.94. The van der Waals surface area contributed by atoms with Crippen LogP contribution in [0.15, 0.2) is 24.8 Å². The summed E-state index contributed by atoms with van der Waals surface area (Å²) >= 11 is 1.11. The van der Waals surface area contributed by atoms with Crippen molar-refractivity contribution in [3.05, 3.63) is 35.2 Å². The lowest BCUT2D eigenvalue weighted by molar-refractivity contribution is -0.126. The molecule has 1 saturated carbocycles. The average Bonchev–Trinajstić information content (AvgIpc) is 3.30. The van der Waals surface area contributed by atoms with Gasteiger partial charge in [-0.15, -0.1) is 11.3 Å². The van der Waals surface area contributed by atoms with Crippen molar-refractivity contribution in [2.75, 3.05) is 18.0 Å². The summed E-state index contributed by atoms with van der Waals surface area (Å²) in [6, 6.07) is 1.62. The van der Waals surface area contributed by atoms with Gasteiger partial charge in [0.05, 0.1) is 18.0 Å². The Hall–Kier alpha value is -2.16. The Morgan fingerprint density at radius 3 is 2.83 bits per heavy atom. The summed E-state index contributed by atoms with van der Waals surface area (Å²) in [4.78, 5) is 11.8. The smallest absolute Gasteiger partial charge is 0.355 e. The van der Waals surface area contributed by atoms with Crippen LogP contribution in [-0.2, 0) is 19.9 Å². The van der Waals surface area contributed by atoms with Crippen LogP contribution in [-0.4, -0.2) is 39.0 Å². The highest BCUT2D eigenvalue weighted by Gasteiger charge is 2.48. The summed E-state index contributed by atoms with van der Waals surface area (Å²) in [5.74, 6) is 1.47. The van der Waals surface area contributed by atoms with Gasteiger partial charge < -0.3 is 4.90 Å². The molecule has 0 amide bonds. The predicted molar refractivity (Wildman–Crippen MR) is 106 cm³/mol. The van der Waals surface area contributed by atoms with Gasteiger partial charge in [0, 0.05) is 31.2 Å². The normalized spacial score (nSPS) is 24.6. The molecule has 0 N–H and O–H groups in total. The van der Waals surface area contributed by atoms with E-state index in [0.717, 1.165) is 48.5 Å². The quantitative estimate of drug-likeness (QED) is 0.627. The highest BCUT2D eigenvalue weighted by atomic mass is 32.1. The Bertz CT molecular complexity index is 1030. The molecule has 5 nitrogen and oxygen atoms in total. The van der Waals surface area contributed by atoms with E-state index in [1.54, 1.807) is 6.07 Å². The van der Waals surface area contributed by atoms with E-state index in [1.165, 1.54) is 24.7 Å².